The van der Waals surface area contributed by atoms with Crippen LogP contribution in [-0.2, 0) is 15.6 Å². The molecule has 0 aliphatic rings. The predicted molar refractivity (Wildman–Crippen MR) is 116 cm³/mol. The summed E-state index contributed by atoms with van der Waals surface area (Å²) < 4.78 is 32.3. The minimum atomic E-state index is -1.84. The van der Waals surface area contributed by atoms with Crippen LogP contribution in [0.5, 0.6) is 5.75 Å². The highest BCUT2D eigenvalue weighted by Gasteiger charge is 2.36. The van der Waals surface area contributed by atoms with Crippen molar-refractivity contribution in [2.75, 3.05) is 20.5 Å². The summed E-state index contributed by atoms with van der Waals surface area (Å²) in [5.74, 6) is 0.540. The molecule has 0 unspecified atom stereocenters. The van der Waals surface area contributed by atoms with E-state index in [2.05, 4.69) is 56.5 Å². The van der Waals surface area contributed by atoms with Gasteiger partial charge >= 0.3 is 0 Å². The molecule has 0 amide bonds. The van der Waals surface area contributed by atoms with Crippen molar-refractivity contribution in [3.05, 3.63) is 39.2 Å². The van der Waals surface area contributed by atoms with Gasteiger partial charge in [0.1, 0.15) is 11.6 Å². The van der Waals surface area contributed by atoms with Crippen LogP contribution in [0.2, 0.25) is 18.1 Å². The Kier molecular flexibility index (Phi) is 7.09. The predicted octanol–water partition coefficient (Wildman–Crippen LogP) is 6.13. The largest absolute Gasteiger partial charge is 0.468 e. The number of halogens is 2. The van der Waals surface area contributed by atoms with Crippen molar-refractivity contribution in [1.82, 2.24) is 0 Å². The fourth-order valence-corrected chi connectivity index (χ4v) is 4.50. The van der Waals surface area contributed by atoms with E-state index < -0.39 is 8.32 Å². The average Bonchev–Trinajstić information content (AvgIpc) is 2.53. The van der Waals surface area contributed by atoms with Gasteiger partial charge in [0, 0.05) is 22.7 Å². The third-order valence-corrected chi connectivity index (χ3v) is 10.4. The van der Waals surface area contributed by atoms with Gasteiger partial charge in [0.05, 0.1) is 0 Å². The second-order valence-electron chi connectivity index (χ2n) is 7.94. The maximum atomic E-state index is 14.6. The molecular weight excluding hydrogens is 462 g/mol. The number of hydrogen-bond donors (Lipinski definition) is 0. The zero-order valence-electron chi connectivity index (χ0n) is 16.4. The summed E-state index contributed by atoms with van der Waals surface area (Å²) in [5, 5.41) is 2.05. The summed E-state index contributed by atoms with van der Waals surface area (Å²) in [7, 11) is -0.254. The number of ether oxygens (including phenoxy) is 2. The lowest BCUT2D eigenvalue weighted by Gasteiger charge is -2.36. The Balaban J connectivity index is 2.28. The van der Waals surface area contributed by atoms with Crippen molar-refractivity contribution in [1.29, 1.82) is 0 Å². The molecule has 0 N–H and O–H groups in total. The van der Waals surface area contributed by atoms with E-state index in [0.717, 1.165) is 20.1 Å². The Hall–Kier alpha value is -0.703. The Morgan fingerprint density at radius 1 is 1.15 bits per heavy atom. The lowest BCUT2D eigenvalue weighted by molar-refractivity contribution is 0.0512. The van der Waals surface area contributed by atoms with Crippen LogP contribution in [-0.4, -0.2) is 28.8 Å². The van der Waals surface area contributed by atoms with Gasteiger partial charge in [0.2, 0.25) is 0 Å². The Bertz CT molecular complexity index is 772. The lowest BCUT2D eigenvalue weighted by Crippen LogP contribution is -2.41. The molecule has 0 saturated heterocycles. The standard InChI is InChI=1S/C20H28FIO3Si/c1-20(2,3)26(5,6)25-10-9-16-17(21)8-7-14-11-15(24-13-23-4)12-18(22)19(14)16/h7-8,11-12H,9-10,13H2,1-6H3. The summed E-state index contributed by atoms with van der Waals surface area (Å²) in [5.41, 5.74) is 0.712. The smallest absolute Gasteiger partial charge is 0.191 e. The first-order valence-electron chi connectivity index (χ1n) is 8.73. The number of methoxy groups -OCH3 is 1. The lowest BCUT2D eigenvalue weighted by atomic mass is 10.0. The number of fused-ring (bicyclic) bond motifs is 1. The summed E-state index contributed by atoms with van der Waals surface area (Å²) in [4.78, 5) is 0. The molecule has 0 fully saturated rings. The van der Waals surface area contributed by atoms with Crippen molar-refractivity contribution in [3.8, 4) is 5.75 Å². The van der Waals surface area contributed by atoms with Gasteiger partial charge in [-0.15, -0.1) is 0 Å². The van der Waals surface area contributed by atoms with Crippen molar-refractivity contribution < 1.29 is 18.3 Å². The minimum absolute atomic E-state index is 0.145. The monoisotopic (exact) mass is 490 g/mol. The molecule has 0 spiro atoms. The zero-order valence-corrected chi connectivity index (χ0v) is 19.6. The summed E-state index contributed by atoms with van der Waals surface area (Å²) in [6.45, 7) is 11.8. The average molecular weight is 490 g/mol. The van der Waals surface area contributed by atoms with E-state index in [-0.39, 0.29) is 17.6 Å². The Morgan fingerprint density at radius 2 is 1.85 bits per heavy atom. The molecule has 0 saturated carbocycles. The highest BCUT2D eigenvalue weighted by Crippen LogP contribution is 2.37. The number of hydrogen-bond acceptors (Lipinski definition) is 3. The van der Waals surface area contributed by atoms with E-state index in [9.17, 15) is 4.39 Å². The van der Waals surface area contributed by atoms with Crippen molar-refractivity contribution >= 4 is 41.7 Å². The molecule has 0 aliphatic heterocycles. The third kappa shape index (κ3) is 4.97. The molecule has 0 heterocycles. The molecule has 2 rings (SSSR count). The summed E-state index contributed by atoms with van der Waals surface area (Å²) in [6.07, 6.45) is 0.559. The van der Waals surface area contributed by atoms with Gasteiger partial charge in [-0.1, -0.05) is 26.8 Å². The van der Waals surface area contributed by atoms with E-state index in [1.165, 1.54) is 6.07 Å². The van der Waals surface area contributed by atoms with Gasteiger partial charge in [0.15, 0.2) is 15.1 Å². The molecule has 0 radical (unpaired) electrons. The normalized spacial score (nSPS) is 12.6. The van der Waals surface area contributed by atoms with Gasteiger partial charge in [-0.3, -0.25) is 0 Å². The second-order valence-corrected chi connectivity index (χ2v) is 13.9. The molecule has 0 aliphatic carbocycles. The van der Waals surface area contributed by atoms with E-state index in [1.807, 2.05) is 12.1 Å². The van der Waals surface area contributed by atoms with Gasteiger partial charge < -0.3 is 13.9 Å². The van der Waals surface area contributed by atoms with Gasteiger partial charge in [-0.05, 0) is 76.3 Å². The van der Waals surface area contributed by atoms with Crippen molar-refractivity contribution in [2.45, 2.75) is 45.3 Å². The first kappa shape index (κ1) is 21.6. The van der Waals surface area contributed by atoms with Crippen LogP contribution in [0.25, 0.3) is 10.8 Å². The van der Waals surface area contributed by atoms with Crippen LogP contribution in [0.15, 0.2) is 24.3 Å². The zero-order chi connectivity index (χ0) is 19.5. The van der Waals surface area contributed by atoms with E-state index in [1.54, 1.807) is 13.2 Å². The molecule has 144 valence electrons. The van der Waals surface area contributed by atoms with Crippen LogP contribution < -0.4 is 4.74 Å². The molecule has 6 heteroatoms. The van der Waals surface area contributed by atoms with Crippen LogP contribution >= 0.6 is 22.6 Å². The molecule has 2 aromatic carbocycles. The minimum Gasteiger partial charge on any atom is -0.468 e. The van der Waals surface area contributed by atoms with Crippen LogP contribution in [0.4, 0.5) is 4.39 Å². The van der Waals surface area contributed by atoms with Gasteiger partial charge in [-0.25, -0.2) is 4.39 Å². The van der Waals surface area contributed by atoms with Crippen molar-refractivity contribution in [2.24, 2.45) is 0 Å². The first-order valence-corrected chi connectivity index (χ1v) is 12.7. The van der Waals surface area contributed by atoms with Gasteiger partial charge in [-0.2, -0.15) is 0 Å². The molecular formula is C20H28FIO3Si. The highest BCUT2D eigenvalue weighted by molar-refractivity contribution is 14.1. The van der Waals surface area contributed by atoms with Crippen molar-refractivity contribution in [3.63, 3.8) is 0 Å². The molecule has 2 aromatic rings. The topological polar surface area (TPSA) is 27.7 Å². The quantitative estimate of drug-likeness (QED) is 0.266. The van der Waals surface area contributed by atoms with Gasteiger partial charge in [0.25, 0.3) is 0 Å². The third-order valence-electron chi connectivity index (χ3n) is 5.06. The molecule has 0 atom stereocenters. The fraction of sp³-hybridized carbons (Fsp3) is 0.500. The summed E-state index contributed by atoms with van der Waals surface area (Å²) in [6, 6.07) is 7.17. The summed E-state index contributed by atoms with van der Waals surface area (Å²) >= 11 is 2.24. The highest BCUT2D eigenvalue weighted by atomic mass is 127. The van der Waals surface area contributed by atoms with Crippen LogP contribution in [0, 0.1) is 9.39 Å². The second kappa shape index (κ2) is 8.54. The van der Waals surface area contributed by atoms with Crippen LogP contribution in [0.3, 0.4) is 0 Å². The maximum Gasteiger partial charge on any atom is 0.191 e. The Labute approximate surface area is 170 Å². The molecule has 3 nitrogen and oxygen atoms in total. The van der Waals surface area contributed by atoms with Crippen LogP contribution in [0.1, 0.15) is 26.3 Å². The van der Waals surface area contributed by atoms with E-state index >= 15 is 0 Å². The molecule has 0 bridgehead atoms. The van der Waals surface area contributed by atoms with E-state index in [0.29, 0.717) is 18.6 Å². The number of rotatable bonds is 7. The first-order chi connectivity index (χ1) is 12.1. The van der Waals surface area contributed by atoms with E-state index in [4.69, 9.17) is 13.9 Å². The fourth-order valence-electron chi connectivity index (χ4n) is 2.51. The molecule has 26 heavy (non-hydrogen) atoms. The Morgan fingerprint density at radius 3 is 2.46 bits per heavy atom. The number of benzene rings is 2. The molecule has 0 aromatic heterocycles. The SMILES string of the molecule is COCOc1cc(I)c2c(CCO[Si](C)(C)C(C)(C)C)c(F)ccc2c1. The maximum absolute atomic E-state index is 14.6.